The lowest BCUT2D eigenvalue weighted by Crippen LogP contribution is -2.50. The number of benzene rings is 2. The number of halogens is 3. The van der Waals surface area contributed by atoms with Crippen LogP contribution in [0.15, 0.2) is 60.0 Å². The van der Waals surface area contributed by atoms with Gasteiger partial charge in [-0.2, -0.15) is 17.5 Å². The number of aromatic nitrogens is 2. The number of carbonyl (C=O) groups excluding carboxylic acids is 2. The summed E-state index contributed by atoms with van der Waals surface area (Å²) < 4.78 is 73.6. The van der Waals surface area contributed by atoms with Gasteiger partial charge in [0.1, 0.15) is 11.9 Å². The van der Waals surface area contributed by atoms with E-state index in [0.29, 0.717) is 0 Å². The Hall–Kier alpha value is -4.15. The van der Waals surface area contributed by atoms with Gasteiger partial charge in [-0.15, -0.1) is 0 Å². The molecule has 1 aromatic heterocycles. The third-order valence-electron chi connectivity index (χ3n) is 7.19. The van der Waals surface area contributed by atoms with Crippen LogP contribution in [-0.2, 0) is 23.2 Å². The SMILES string of the molecule is C[C@H](CO)N1C[C@H](C)[C@H](CN(C)S(=O)(=O)c2cn(C)cn2)Oc2ccc(NC(=O)Nc3ccc(C(F)(F)F)cc3)cc2C1=O. The van der Waals surface area contributed by atoms with Crippen molar-refractivity contribution in [1.82, 2.24) is 18.8 Å². The molecule has 44 heavy (non-hydrogen) atoms. The van der Waals surface area contributed by atoms with Crippen LogP contribution in [0, 0.1) is 5.92 Å². The molecule has 0 bridgehead atoms. The van der Waals surface area contributed by atoms with Crippen molar-refractivity contribution in [2.75, 3.05) is 37.4 Å². The van der Waals surface area contributed by atoms with Gasteiger partial charge in [0.05, 0.1) is 36.6 Å². The van der Waals surface area contributed by atoms with Gasteiger partial charge in [-0.3, -0.25) is 4.79 Å². The van der Waals surface area contributed by atoms with Crippen molar-refractivity contribution in [3.05, 3.63) is 66.1 Å². The standard InChI is InChI=1S/C28H33F3N6O6S/c1-17-12-37(18(2)15-38)26(39)22-11-21(34-27(40)33-20-7-5-19(6-8-20)28(29,30)31)9-10-23(22)43-24(17)13-36(4)44(41,42)25-14-35(3)16-32-25/h5-11,14,16-18,24,38H,12-13,15H2,1-4H3,(H2,33,34,40)/t17-,18+,24-/m0/s1. The maximum Gasteiger partial charge on any atom is 0.416 e. The van der Waals surface area contributed by atoms with Crippen LogP contribution in [0.2, 0.25) is 0 Å². The zero-order valence-electron chi connectivity index (χ0n) is 24.4. The maximum atomic E-state index is 13.7. The van der Waals surface area contributed by atoms with E-state index in [2.05, 4.69) is 15.6 Å². The number of aliphatic hydroxyl groups is 1. The highest BCUT2D eigenvalue weighted by Gasteiger charge is 2.36. The van der Waals surface area contributed by atoms with Crippen molar-refractivity contribution in [3.8, 4) is 5.75 Å². The Morgan fingerprint density at radius 1 is 1.18 bits per heavy atom. The number of aliphatic hydroxyl groups excluding tert-OH is 1. The number of ether oxygens (including phenoxy) is 1. The summed E-state index contributed by atoms with van der Waals surface area (Å²) in [5.74, 6) is -0.707. The number of urea groups is 1. The number of fused-ring (bicyclic) bond motifs is 1. The summed E-state index contributed by atoms with van der Waals surface area (Å²) in [5.41, 5.74) is -0.504. The smallest absolute Gasteiger partial charge is 0.416 e. The number of anilines is 2. The van der Waals surface area contributed by atoms with Crippen molar-refractivity contribution in [2.45, 2.75) is 37.2 Å². The zero-order valence-corrected chi connectivity index (χ0v) is 25.2. The lowest BCUT2D eigenvalue weighted by molar-refractivity contribution is -0.137. The number of nitrogens with one attached hydrogen (secondary N) is 2. The molecule has 238 valence electrons. The number of sulfonamides is 1. The number of alkyl halides is 3. The Labute approximate surface area is 252 Å². The van der Waals surface area contributed by atoms with E-state index < -0.39 is 45.8 Å². The third-order valence-corrected chi connectivity index (χ3v) is 8.89. The van der Waals surface area contributed by atoms with E-state index in [9.17, 15) is 36.3 Å². The average Bonchev–Trinajstić information content (AvgIpc) is 3.41. The number of rotatable bonds is 8. The summed E-state index contributed by atoms with van der Waals surface area (Å²) in [6.45, 7) is 3.20. The Morgan fingerprint density at radius 3 is 2.41 bits per heavy atom. The van der Waals surface area contributed by atoms with Crippen LogP contribution in [0.25, 0.3) is 0 Å². The van der Waals surface area contributed by atoms with Gasteiger partial charge in [-0.1, -0.05) is 6.92 Å². The molecule has 4 rings (SSSR count). The van der Waals surface area contributed by atoms with Crippen molar-refractivity contribution in [2.24, 2.45) is 13.0 Å². The maximum absolute atomic E-state index is 13.7. The molecule has 0 spiro atoms. The van der Waals surface area contributed by atoms with Crippen LogP contribution < -0.4 is 15.4 Å². The average molecular weight is 639 g/mol. The second-order valence-electron chi connectivity index (χ2n) is 10.7. The van der Waals surface area contributed by atoms with Crippen molar-refractivity contribution in [1.29, 1.82) is 0 Å². The first-order valence-corrected chi connectivity index (χ1v) is 15.0. The topological polar surface area (TPSA) is 146 Å². The Kier molecular flexibility index (Phi) is 9.56. The largest absolute Gasteiger partial charge is 0.488 e. The Morgan fingerprint density at radius 2 is 1.82 bits per heavy atom. The third kappa shape index (κ3) is 7.31. The predicted molar refractivity (Wildman–Crippen MR) is 155 cm³/mol. The predicted octanol–water partition coefficient (Wildman–Crippen LogP) is 3.62. The van der Waals surface area contributed by atoms with Crippen LogP contribution in [0.1, 0.15) is 29.8 Å². The monoisotopic (exact) mass is 638 g/mol. The molecule has 2 aromatic carbocycles. The number of aryl methyl sites for hydroxylation is 1. The molecule has 2 heterocycles. The Balaban J connectivity index is 1.58. The highest BCUT2D eigenvalue weighted by atomic mass is 32.2. The first-order valence-electron chi connectivity index (χ1n) is 13.5. The van der Waals surface area contributed by atoms with Crippen LogP contribution >= 0.6 is 0 Å². The number of imidazole rings is 1. The summed E-state index contributed by atoms with van der Waals surface area (Å²) >= 11 is 0. The van der Waals surface area contributed by atoms with Gasteiger partial charge in [0.2, 0.25) is 0 Å². The van der Waals surface area contributed by atoms with E-state index in [1.165, 1.54) is 47.2 Å². The molecule has 12 nitrogen and oxygen atoms in total. The van der Waals surface area contributed by atoms with Gasteiger partial charge < -0.3 is 29.9 Å². The van der Waals surface area contributed by atoms with Gasteiger partial charge in [-0.25, -0.2) is 18.2 Å². The molecule has 0 radical (unpaired) electrons. The lowest BCUT2D eigenvalue weighted by atomic mass is 9.99. The molecule has 3 aromatic rings. The summed E-state index contributed by atoms with van der Waals surface area (Å²) in [7, 11) is -0.894. The van der Waals surface area contributed by atoms with E-state index in [-0.39, 0.29) is 53.3 Å². The number of amides is 3. The van der Waals surface area contributed by atoms with Crippen LogP contribution in [0.3, 0.4) is 0 Å². The molecule has 0 saturated carbocycles. The first kappa shape index (κ1) is 32.8. The van der Waals surface area contributed by atoms with Gasteiger partial charge in [0.15, 0.2) is 5.03 Å². The van der Waals surface area contributed by atoms with E-state index in [1.807, 2.05) is 6.92 Å². The molecular weight excluding hydrogens is 605 g/mol. The minimum atomic E-state index is -4.52. The number of likely N-dealkylation sites (N-methyl/N-ethyl adjacent to an activating group) is 1. The molecule has 1 aliphatic heterocycles. The van der Waals surface area contributed by atoms with Gasteiger partial charge in [-0.05, 0) is 49.4 Å². The van der Waals surface area contributed by atoms with Crippen molar-refractivity contribution >= 4 is 33.3 Å². The second kappa shape index (κ2) is 12.8. The van der Waals surface area contributed by atoms with Crippen LogP contribution in [0.4, 0.5) is 29.3 Å². The number of hydrogen-bond acceptors (Lipinski definition) is 7. The van der Waals surface area contributed by atoms with E-state index in [1.54, 1.807) is 14.0 Å². The van der Waals surface area contributed by atoms with Crippen molar-refractivity contribution < 1.29 is 41.0 Å². The molecule has 0 aliphatic carbocycles. The van der Waals surface area contributed by atoms with Crippen LogP contribution in [0.5, 0.6) is 5.75 Å². The molecule has 16 heteroatoms. The summed E-state index contributed by atoms with van der Waals surface area (Å²) in [6.07, 6.45) is -2.48. The number of hydrogen-bond donors (Lipinski definition) is 3. The van der Waals surface area contributed by atoms with Gasteiger partial charge in [0.25, 0.3) is 15.9 Å². The molecule has 0 unspecified atom stereocenters. The summed E-state index contributed by atoms with van der Waals surface area (Å²) in [4.78, 5) is 31.7. The fourth-order valence-electron chi connectivity index (χ4n) is 4.59. The number of nitrogens with zero attached hydrogens (tertiary/aromatic N) is 4. The highest BCUT2D eigenvalue weighted by Crippen LogP contribution is 2.32. The lowest BCUT2D eigenvalue weighted by Gasteiger charge is -2.38. The van der Waals surface area contributed by atoms with Crippen molar-refractivity contribution in [3.63, 3.8) is 0 Å². The summed E-state index contributed by atoms with van der Waals surface area (Å²) in [6, 6.07) is 6.85. The quantitative estimate of drug-likeness (QED) is 0.342. The molecule has 0 saturated heterocycles. The number of carbonyl (C=O) groups is 2. The normalized spacial score (nSPS) is 18.2. The molecule has 3 N–H and O–H groups in total. The fraction of sp³-hybridized carbons (Fsp3) is 0.393. The molecule has 3 atom stereocenters. The fourth-order valence-corrected chi connectivity index (χ4v) is 5.73. The molecular formula is C28H33F3N6O6S. The van der Waals surface area contributed by atoms with Gasteiger partial charge >= 0.3 is 12.2 Å². The molecule has 0 fully saturated rings. The van der Waals surface area contributed by atoms with E-state index in [0.717, 1.165) is 28.6 Å². The van der Waals surface area contributed by atoms with Crippen LogP contribution in [-0.4, -0.2) is 83.1 Å². The molecule has 3 amide bonds. The Bertz CT molecular complexity index is 1610. The summed E-state index contributed by atoms with van der Waals surface area (Å²) in [5, 5.41) is 14.7. The van der Waals surface area contributed by atoms with Gasteiger partial charge in [0, 0.05) is 44.1 Å². The minimum absolute atomic E-state index is 0.0600. The first-order chi connectivity index (χ1) is 20.6. The highest BCUT2D eigenvalue weighted by molar-refractivity contribution is 7.89. The second-order valence-corrected chi connectivity index (χ2v) is 12.6. The minimum Gasteiger partial charge on any atom is -0.488 e. The van der Waals surface area contributed by atoms with E-state index >= 15 is 0 Å². The molecule has 1 aliphatic rings. The van der Waals surface area contributed by atoms with E-state index in [4.69, 9.17) is 4.74 Å². The zero-order chi connectivity index (χ0) is 32.4.